The second kappa shape index (κ2) is 6.47. The summed E-state index contributed by atoms with van der Waals surface area (Å²) in [6, 6.07) is 13.0. The number of benzene rings is 2. The lowest BCUT2D eigenvalue weighted by Gasteiger charge is -2.35. The van der Waals surface area contributed by atoms with Crippen molar-refractivity contribution in [1.29, 1.82) is 0 Å². The quantitative estimate of drug-likeness (QED) is 0.736. The first-order valence-electron chi connectivity index (χ1n) is 8.08. The Morgan fingerprint density at radius 3 is 2.52 bits per heavy atom. The van der Waals surface area contributed by atoms with Crippen LogP contribution in [-0.2, 0) is 6.42 Å². The molecule has 0 spiro atoms. The monoisotopic (exact) mass is 348 g/mol. The van der Waals surface area contributed by atoms with E-state index >= 15 is 0 Å². The highest BCUT2D eigenvalue weighted by Gasteiger charge is 2.55. The van der Waals surface area contributed by atoms with E-state index in [1.165, 1.54) is 13.0 Å². The molecular formula is C20H19F3O2. The van der Waals surface area contributed by atoms with Crippen LogP contribution in [0.15, 0.2) is 48.5 Å². The van der Waals surface area contributed by atoms with Crippen molar-refractivity contribution in [3.05, 3.63) is 65.2 Å². The fourth-order valence-corrected chi connectivity index (χ4v) is 2.93. The Labute approximate surface area is 144 Å². The SMILES string of the molecule is CCC1(C(F)(F)F)C=Cc2ccc(Cc3cccc(OC)c3)cc2O1. The summed E-state index contributed by atoms with van der Waals surface area (Å²) in [6.07, 6.45) is -1.45. The highest BCUT2D eigenvalue weighted by molar-refractivity contribution is 5.62. The summed E-state index contributed by atoms with van der Waals surface area (Å²) in [5, 5.41) is 0. The fourth-order valence-electron chi connectivity index (χ4n) is 2.93. The van der Waals surface area contributed by atoms with Crippen molar-refractivity contribution in [2.45, 2.75) is 31.5 Å². The summed E-state index contributed by atoms with van der Waals surface area (Å²) in [6.45, 7) is 1.48. The van der Waals surface area contributed by atoms with Crippen LogP contribution in [0.25, 0.3) is 6.08 Å². The standard InChI is InChI=1S/C20H19F3O2/c1-3-19(20(21,22)23)10-9-16-8-7-15(13-18(16)25-19)11-14-5-4-6-17(12-14)24-2/h4-10,12-13H,3,11H2,1-2H3. The molecule has 0 aromatic heterocycles. The molecule has 3 rings (SSSR count). The first-order chi connectivity index (χ1) is 11.9. The van der Waals surface area contributed by atoms with Gasteiger partial charge in [0.15, 0.2) is 0 Å². The van der Waals surface area contributed by atoms with Crippen LogP contribution in [0.2, 0.25) is 0 Å². The number of halogens is 3. The third-order valence-electron chi connectivity index (χ3n) is 4.45. The van der Waals surface area contributed by atoms with E-state index < -0.39 is 11.8 Å². The second-order valence-electron chi connectivity index (χ2n) is 6.08. The Bertz CT molecular complexity index is 796. The highest BCUT2D eigenvalue weighted by atomic mass is 19.4. The average Bonchev–Trinajstić information content (AvgIpc) is 2.60. The van der Waals surface area contributed by atoms with Crippen molar-refractivity contribution in [1.82, 2.24) is 0 Å². The van der Waals surface area contributed by atoms with Crippen LogP contribution in [0.1, 0.15) is 30.0 Å². The Hall–Kier alpha value is -2.43. The van der Waals surface area contributed by atoms with E-state index in [0.29, 0.717) is 12.0 Å². The molecule has 1 aliphatic heterocycles. The first kappa shape index (κ1) is 17.4. The van der Waals surface area contributed by atoms with Gasteiger partial charge in [-0.25, -0.2) is 0 Å². The Balaban J connectivity index is 1.89. The van der Waals surface area contributed by atoms with E-state index in [0.717, 1.165) is 23.0 Å². The molecule has 0 fully saturated rings. The predicted molar refractivity (Wildman–Crippen MR) is 91.0 cm³/mol. The van der Waals surface area contributed by atoms with Gasteiger partial charge in [-0.15, -0.1) is 0 Å². The molecule has 0 N–H and O–H groups in total. The van der Waals surface area contributed by atoms with E-state index in [4.69, 9.17) is 9.47 Å². The third-order valence-corrected chi connectivity index (χ3v) is 4.45. The van der Waals surface area contributed by atoms with Gasteiger partial charge in [-0.1, -0.05) is 37.3 Å². The molecule has 1 aliphatic rings. The molecule has 0 amide bonds. The molecule has 132 valence electrons. The first-order valence-corrected chi connectivity index (χ1v) is 8.08. The molecule has 0 saturated carbocycles. The van der Waals surface area contributed by atoms with Crippen molar-refractivity contribution in [2.75, 3.05) is 7.11 Å². The number of alkyl halides is 3. The molecule has 2 aromatic carbocycles. The zero-order valence-corrected chi connectivity index (χ0v) is 14.1. The summed E-state index contributed by atoms with van der Waals surface area (Å²) >= 11 is 0. The number of ether oxygens (including phenoxy) is 2. The molecule has 5 heteroatoms. The van der Waals surface area contributed by atoms with E-state index in [9.17, 15) is 13.2 Å². The van der Waals surface area contributed by atoms with Gasteiger partial charge in [0.1, 0.15) is 11.5 Å². The summed E-state index contributed by atoms with van der Waals surface area (Å²) < 4.78 is 50.9. The van der Waals surface area contributed by atoms with Crippen molar-refractivity contribution in [3.63, 3.8) is 0 Å². The maximum atomic E-state index is 13.4. The molecule has 0 radical (unpaired) electrons. The summed E-state index contributed by atoms with van der Waals surface area (Å²) in [5.74, 6) is 1.01. The third kappa shape index (κ3) is 3.36. The lowest BCUT2D eigenvalue weighted by Crippen LogP contribution is -2.49. The van der Waals surface area contributed by atoms with Crippen molar-refractivity contribution in [2.24, 2.45) is 0 Å². The van der Waals surface area contributed by atoms with Crippen LogP contribution in [0, 0.1) is 0 Å². The Morgan fingerprint density at radius 1 is 1.08 bits per heavy atom. The second-order valence-corrected chi connectivity index (χ2v) is 6.08. The highest BCUT2D eigenvalue weighted by Crippen LogP contribution is 2.43. The average molecular weight is 348 g/mol. The zero-order valence-electron chi connectivity index (χ0n) is 14.1. The molecule has 2 aromatic rings. The van der Waals surface area contributed by atoms with Crippen molar-refractivity contribution < 1.29 is 22.6 Å². The van der Waals surface area contributed by atoms with Gasteiger partial charge in [0, 0.05) is 5.56 Å². The molecular weight excluding hydrogens is 329 g/mol. The van der Waals surface area contributed by atoms with E-state index in [1.54, 1.807) is 19.2 Å². The van der Waals surface area contributed by atoms with Crippen LogP contribution in [-0.4, -0.2) is 18.9 Å². The number of hydrogen-bond donors (Lipinski definition) is 0. The lowest BCUT2D eigenvalue weighted by molar-refractivity contribution is -0.230. The normalized spacial score (nSPS) is 19.2. The van der Waals surface area contributed by atoms with Gasteiger partial charge >= 0.3 is 6.18 Å². The van der Waals surface area contributed by atoms with Crippen LogP contribution in [0.5, 0.6) is 11.5 Å². The smallest absolute Gasteiger partial charge is 0.432 e. The molecule has 1 heterocycles. The molecule has 1 unspecified atom stereocenters. The number of methoxy groups -OCH3 is 1. The molecule has 0 saturated heterocycles. The lowest BCUT2D eigenvalue weighted by atomic mass is 9.93. The van der Waals surface area contributed by atoms with Crippen LogP contribution in [0.4, 0.5) is 13.2 Å². The van der Waals surface area contributed by atoms with Gasteiger partial charge in [0.25, 0.3) is 0 Å². The van der Waals surface area contributed by atoms with Crippen molar-refractivity contribution >= 4 is 6.08 Å². The van der Waals surface area contributed by atoms with Gasteiger partial charge in [0.2, 0.25) is 5.60 Å². The maximum Gasteiger partial charge on any atom is 0.432 e. The van der Waals surface area contributed by atoms with E-state index in [2.05, 4.69) is 0 Å². The van der Waals surface area contributed by atoms with E-state index in [-0.39, 0.29) is 12.2 Å². The number of fused-ring (bicyclic) bond motifs is 1. The molecule has 0 aliphatic carbocycles. The number of rotatable bonds is 4. The van der Waals surface area contributed by atoms with Gasteiger partial charge in [-0.05, 0) is 48.2 Å². The molecule has 25 heavy (non-hydrogen) atoms. The summed E-state index contributed by atoms with van der Waals surface area (Å²) in [7, 11) is 1.60. The van der Waals surface area contributed by atoms with Crippen LogP contribution in [0.3, 0.4) is 0 Å². The van der Waals surface area contributed by atoms with Gasteiger partial charge in [0.05, 0.1) is 7.11 Å². The summed E-state index contributed by atoms with van der Waals surface area (Å²) in [4.78, 5) is 0. The molecule has 1 atom stereocenters. The topological polar surface area (TPSA) is 18.5 Å². The Kier molecular flexibility index (Phi) is 4.50. The fraction of sp³-hybridized carbons (Fsp3) is 0.300. The molecule has 0 bridgehead atoms. The molecule has 2 nitrogen and oxygen atoms in total. The summed E-state index contributed by atoms with van der Waals surface area (Å²) in [5.41, 5.74) is 0.301. The maximum absolute atomic E-state index is 13.4. The number of hydrogen-bond acceptors (Lipinski definition) is 2. The van der Waals surface area contributed by atoms with Crippen LogP contribution < -0.4 is 9.47 Å². The van der Waals surface area contributed by atoms with Gasteiger partial charge in [-0.3, -0.25) is 0 Å². The zero-order chi connectivity index (χ0) is 18.1. The van der Waals surface area contributed by atoms with E-state index in [1.807, 2.05) is 30.3 Å². The largest absolute Gasteiger partial charge is 0.497 e. The van der Waals surface area contributed by atoms with Gasteiger partial charge < -0.3 is 9.47 Å². The predicted octanol–water partition coefficient (Wildman–Crippen LogP) is 5.40. The minimum Gasteiger partial charge on any atom is -0.497 e. The van der Waals surface area contributed by atoms with Crippen molar-refractivity contribution in [3.8, 4) is 11.5 Å². The Morgan fingerprint density at radius 2 is 1.84 bits per heavy atom. The van der Waals surface area contributed by atoms with Gasteiger partial charge in [-0.2, -0.15) is 13.2 Å². The minimum absolute atomic E-state index is 0.174. The minimum atomic E-state index is -4.46. The van der Waals surface area contributed by atoms with Crippen LogP contribution >= 0.6 is 0 Å².